The first kappa shape index (κ1) is 13.0. The Morgan fingerprint density at radius 1 is 1.56 bits per heavy atom. The van der Waals surface area contributed by atoms with Crippen molar-refractivity contribution in [1.82, 2.24) is 4.98 Å². The Bertz CT molecular complexity index is 374. The SMILES string of the molecule is COC(=O)c1nc(N(C)CC(C)C)sc1C. The zero-order valence-electron chi connectivity index (χ0n) is 10.4. The molecule has 1 heterocycles. The van der Waals surface area contributed by atoms with Crippen LogP contribution in [-0.4, -0.2) is 31.7 Å². The molecular formula is C11H18N2O2S. The van der Waals surface area contributed by atoms with Gasteiger partial charge in [-0.2, -0.15) is 0 Å². The monoisotopic (exact) mass is 242 g/mol. The summed E-state index contributed by atoms with van der Waals surface area (Å²) in [6.07, 6.45) is 0. The molecular weight excluding hydrogens is 224 g/mol. The predicted molar refractivity (Wildman–Crippen MR) is 66.3 cm³/mol. The zero-order valence-corrected chi connectivity index (χ0v) is 11.2. The van der Waals surface area contributed by atoms with Crippen LogP contribution in [0.1, 0.15) is 29.2 Å². The number of hydrogen-bond donors (Lipinski definition) is 0. The van der Waals surface area contributed by atoms with Crippen molar-refractivity contribution in [2.24, 2.45) is 5.92 Å². The van der Waals surface area contributed by atoms with Gasteiger partial charge in [-0.25, -0.2) is 9.78 Å². The molecule has 0 fully saturated rings. The lowest BCUT2D eigenvalue weighted by atomic mass is 10.2. The highest BCUT2D eigenvalue weighted by molar-refractivity contribution is 7.15. The summed E-state index contributed by atoms with van der Waals surface area (Å²) in [5, 5.41) is 0.867. The molecule has 1 aromatic rings. The maximum Gasteiger partial charge on any atom is 0.357 e. The first-order valence-corrected chi connectivity index (χ1v) is 6.04. The van der Waals surface area contributed by atoms with Crippen molar-refractivity contribution in [3.05, 3.63) is 10.6 Å². The maximum absolute atomic E-state index is 11.4. The minimum absolute atomic E-state index is 0.363. The number of esters is 1. The van der Waals surface area contributed by atoms with Crippen molar-refractivity contribution in [2.75, 3.05) is 25.6 Å². The van der Waals surface area contributed by atoms with Gasteiger partial charge < -0.3 is 9.64 Å². The van der Waals surface area contributed by atoms with Gasteiger partial charge in [0.15, 0.2) is 10.8 Å². The fourth-order valence-corrected chi connectivity index (χ4v) is 2.32. The summed E-state index contributed by atoms with van der Waals surface area (Å²) in [6, 6.07) is 0. The van der Waals surface area contributed by atoms with E-state index in [1.807, 2.05) is 14.0 Å². The third-order valence-corrected chi connectivity index (χ3v) is 3.21. The average molecular weight is 242 g/mol. The van der Waals surface area contributed by atoms with Crippen LogP contribution in [0.2, 0.25) is 0 Å². The lowest BCUT2D eigenvalue weighted by molar-refractivity contribution is 0.0594. The molecule has 0 radical (unpaired) electrons. The van der Waals surface area contributed by atoms with E-state index in [9.17, 15) is 4.79 Å². The molecule has 0 saturated heterocycles. The first-order valence-electron chi connectivity index (χ1n) is 5.22. The number of hydrogen-bond acceptors (Lipinski definition) is 5. The number of rotatable bonds is 4. The first-order chi connectivity index (χ1) is 7.45. The highest BCUT2D eigenvalue weighted by atomic mass is 32.1. The summed E-state index contributed by atoms with van der Waals surface area (Å²) in [7, 11) is 3.36. The summed E-state index contributed by atoms with van der Waals surface area (Å²) in [6.45, 7) is 7.11. The van der Waals surface area contributed by atoms with Crippen LogP contribution >= 0.6 is 11.3 Å². The fraction of sp³-hybridized carbons (Fsp3) is 0.636. The summed E-state index contributed by atoms with van der Waals surface area (Å²) in [5.74, 6) is 0.203. The van der Waals surface area contributed by atoms with Crippen molar-refractivity contribution in [3.63, 3.8) is 0 Å². The largest absolute Gasteiger partial charge is 0.464 e. The molecule has 0 amide bonds. The number of nitrogens with zero attached hydrogens (tertiary/aromatic N) is 2. The quantitative estimate of drug-likeness (QED) is 0.760. The van der Waals surface area contributed by atoms with Gasteiger partial charge in [-0.15, -0.1) is 11.3 Å². The Morgan fingerprint density at radius 3 is 2.69 bits per heavy atom. The molecule has 0 atom stereocenters. The normalized spacial score (nSPS) is 10.6. The Morgan fingerprint density at radius 2 is 2.19 bits per heavy atom. The van der Waals surface area contributed by atoms with Gasteiger partial charge in [0, 0.05) is 18.5 Å². The van der Waals surface area contributed by atoms with E-state index in [2.05, 4.69) is 28.5 Å². The molecule has 5 heteroatoms. The number of thiazole rings is 1. The van der Waals surface area contributed by atoms with Gasteiger partial charge in [0.05, 0.1) is 7.11 Å². The summed E-state index contributed by atoms with van der Waals surface area (Å²) < 4.78 is 4.68. The minimum Gasteiger partial charge on any atom is -0.464 e. The van der Waals surface area contributed by atoms with E-state index in [1.165, 1.54) is 18.4 Å². The van der Waals surface area contributed by atoms with Gasteiger partial charge in [0.25, 0.3) is 0 Å². The van der Waals surface area contributed by atoms with Gasteiger partial charge >= 0.3 is 5.97 Å². The van der Waals surface area contributed by atoms with Crippen molar-refractivity contribution >= 4 is 22.4 Å². The molecule has 0 N–H and O–H groups in total. The average Bonchev–Trinajstić information content (AvgIpc) is 2.58. The standard InChI is InChI=1S/C11H18N2O2S/c1-7(2)6-13(4)11-12-9(8(3)16-11)10(14)15-5/h7H,6H2,1-5H3. The Hall–Kier alpha value is -1.10. The smallest absolute Gasteiger partial charge is 0.357 e. The minimum atomic E-state index is -0.363. The van der Waals surface area contributed by atoms with Crippen LogP contribution in [0.25, 0.3) is 0 Å². The van der Waals surface area contributed by atoms with E-state index >= 15 is 0 Å². The van der Waals surface area contributed by atoms with Crippen molar-refractivity contribution in [3.8, 4) is 0 Å². The fourth-order valence-electron chi connectivity index (χ4n) is 1.46. The summed E-state index contributed by atoms with van der Waals surface area (Å²) in [4.78, 5) is 18.7. The number of ether oxygens (including phenoxy) is 1. The van der Waals surface area contributed by atoms with Crippen LogP contribution in [0.3, 0.4) is 0 Å². The van der Waals surface area contributed by atoms with Gasteiger partial charge in [0.1, 0.15) is 0 Å². The highest BCUT2D eigenvalue weighted by Gasteiger charge is 2.17. The van der Waals surface area contributed by atoms with Gasteiger partial charge in [-0.3, -0.25) is 0 Å². The topological polar surface area (TPSA) is 42.4 Å². The van der Waals surface area contributed by atoms with Gasteiger partial charge in [0.2, 0.25) is 0 Å². The number of aromatic nitrogens is 1. The second-order valence-corrected chi connectivity index (χ2v) is 5.35. The third kappa shape index (κ3) is 2.95. The predicted octanol–water partition coefficient (Wildman–Crippen LogP) is 2.33. The Labute approximate surface area is 100 Å². The molecule has 1 rings (SSSR count). The molecule has 0 saturated carbocycles. The van der Waals surface area contributed by atoms with Crippen LogP contribution < -0.4 is 4.90 Å². The van der Waals surface area contributed by atoms with Crippen LogP contribution in [0.4, 0.5) is 5.13 Å². The molecule has 0 aliphatic carbocycles. The van der Waals surface area contributed by atoms with Crippen LogP contribution in [0.15, 0.2) is 0 Å². The molecule has 0 spiro atoms. The van der Waals surface area contributed by atoms with Crippen LogP contribution in [-0.2, 0) is 4.74 Å². The zero-order chi connectivity index (χ0) is 12.3. The second kappa shape index (κ2) is 5.30. The molecule has 0 aromatic carbocycles. The van der Waals surface area contributed by atoms with E-state index in [0.29, 0.717) is 11.6 Å². The molecule has 1 aromatic heterocycles. The third-order valence-electron chi connectivity index (χ3n) is 2.13. The summed E-state index contributed by atoms with van der Waals surface area (Å²) >= 11 is 1.52. The molecule has 0 unspecified atom stereocenters. The molecule has 90 valence electrons. The number of anilines is 1. The maximum atomic E-state index is 11.4. The highest BCUT2D eigenvalue weighted by Crippen LogP contribution is 2.25. The molecule has 0 bridgehead atoms. The Balaban J connectivity index is 2.87. The number of carbonyl (C=O) groups is 1. The molecule has 16 heavy (non-hydrogen) atoms. The van der Waals surface area contributed by atoms with Crippen LogP contribution in [0, 0.1) is 12.8 Å². The molecule has 0 aliphatic rings. The van der Waals surface area contributed by atoms with Gasteiger partial charge in [-0.1, -0.05) is 13.8 Å². The van der Waals surface area contributed by atoms with Gasteiger partial charge in [-0.05, 0) is 12.8 Å². The van der Waals surface area contributed by atoms with E-state index in [4.69, 9.17) is 0 Å². The van der Waals surface area contributed by atoms with Crippen LogP contribution in [0.5, 0.6) is 0 Å². The molecule has 0 aliphatic heterocycles. The lowest BCUT2D eigenvalue weighted by Gasteiger charge is -2.17. The lowest BCUT2D eigenvalue weighted by Crippen LogP contribution is -2.22. The number of carbonyl (C=O) groups excluding carboxylic acids is 1. The summed E-state index contributed by atoms with van der Waals surface area (Å²) in [5.41, 5.74) is 0.429. The van der Waals surface area contributed by atoms with E-state index in [0.717, 1.165) is 16.6 Å². The van der Waals surface area contributed by atoms with Crippen molar-refractivity contribution in [2.45, 2.75) is 20.8 Å². The van der Waals surface area contributed by atoms with E-state index in [1.54, 1.807) is 0 Å². The molecule has 4 nitrogen and oxygen atoms in total. The number of methoxy groups -OCH3 is 1. The Kier molecular flexibility index (Phi) is 4.29. The van der Waals surface area contributed by atoms with Crippen molar-refractivity contribution < 1.29 is 9.53 Å². The second-order valence-electron chi connectivity index (χ2n) is 4.17. The van der Waals surface area contributed by atoms with E-state index in [-0.39, 0.29) is 5.97 Å². The van der Waals surface area contributed by atoms with Crippen molar-refractivity contribution in [1.29, 1.82) is 0 Å². The number of aryl methyl sites for hydroxylation is 1. The van der Waals surface area contributed by atoms with E-state index < -0.39 is 0 Å².